The summed E-state index contributed by atoms with van der Waals surface area (Å²) in [6.45, 7) is 0. The second-order valence-electron chi connectivity index (χ2n) is 0.0452. The summed E-state index contributed by atoms with van der Waals surface area (Å²) >= 11 is -0.472. The molecule has 0 unspecified atom stereocenters. The number of halogens is 2. The molecule has 7 heavy (non-hydrogen) atoms. The molecular weight excluding hydrogens is 324 g/mol. The molecule has 6 N–H and O–H groups in total. The molecule has 0 aliphatic rings. The molecule has 3 nitrogen and oxygen atoms in total. The molecule has 0 amide bonds. The van der Waals surface area contributed by atoms with Crippen LogP contribution in [0.5, 0.6) is 0 Å². The van der Waals surface area contributed by atoms with E-state index < -0.39 is 16.5 Å². The summed E-state index contributed by atoms with van der Waals surface area (Å²) in [4.78, 5) is 0. The van der Waals surface area contributed by atoms with E-state index in [0.29, 0.717) is 0 Å². The van der Waals surface area contributed by atoms with Crippen molar-refractivity contribution in [3.63, 3.8) is 0 Å². The zero-order chi connectivity index (χ0) is 2.71. The Balaban J connectivity index is -0.00000000333. The SMILES string of the molecule is O.O.[CH3-].[Cl][Pt+2][Cl].[NH2-]. The van der Waals surface area contributed by atoms with E-state index >= 15 is 0 Å². The first-order valence-electron chi connectivity index (χ1n) is 0.239. The standard InChI is InChI=1S/CH3.2ClH.H2N.2H2O.Pt/h1H3;2*1H;3*1H2;/q-1;;;-1;;;+4/p-2. The third-order valence-electron chi connectivity index (χ3n) is 0. The second kappa shape index (κ2) is 58.5. The molecule has 0 saturated heterocycles. The van der Waals surface area contributed by atoms with Crippen LogP contribution in [0.15, 0.2) is 0 Å². The monoisotopic (exact) mass is 332 g/mol. The first kappa shape index (κ1) is 42.0. The predicted octanol–water partition coefficient (Wildman–Crippen LogP) is 0.894. The first-order valence-corrected chi connectivity index (χ1v) is 5.87. The Kier molecular flexibility index (Phi) is 351. The van der Waals surface area contributed by atoms with E-state index in [1.54, 1.807) is 0 Å². The molecular formula is CH9Cl2NO2Pt. The fourth-order valence-corrected chi connectivity index (χ4v) is 0. The summed E-state index contributed by atoms with van der Waals surface area (Å²) in [7, 11) is 9.75. The number of hydrogen-bond donors (Lipinski definition) is 0. The summed E-state index contributed by atoms with van der Waals surface area (Å²) in [5, 5.41) is 0. The maximum absolute atomic E-state index is 4.88. The maximum Gasteiger partial charge on any atom is -0.693 e. The van der Waals surface area contributed by atoms with Crippen molar-refractivity contribution in [3.8, 4) is 0 Å². The van der Waals surface area contributed by atoms with Crippen LogP contribution in [0, 0.1) is 7.43 Å². The second-order valence-corrected chi connectivity index (χ2v) is 3.33. The van der Waals surface area contributed by atoms with Crippen molar-refractivity contribution in [3.05, 3.63) is 13.6 Å². The van der Waals surface area contributed by atoms with Gasteiger partial charge in [0.05, 0.1) is 0 Å². The Morgan fingerprint density at radius 2 is 1.00 bits per heavy atom. The fraction of sp³-hybridized carbons (Fsp3) is 0. The van der Waals surface area contributed by atoms with Crippen LogP contribution in [0.3, 0.4) is 0 Å². The molecule has 0 aromatic carbocycles. The van der Waals surface area contributed by atoms with Gasteiger partial charge in [-0.05, 0) is 0 Å². The van der Waals surface area contributed by atoms with Crippen molar-refractivity contribution < 1.29 is 27.4 Å². The van der Waals surface area contributed by atoms with E-state index in [4.69, 9.17) is 18.8 Å². The van der Waals surface area contributed by atoms with E-state index in [-0.39, 0.29) is 24.5 Å². The van der Waals surface area contributed by atoms with Crippen molar-refractivity contribution in [1.29, 1.82) is 0 Å². The van der Waals surface area contributed by atoms with Gasteiger partial charge >= 0.3 is 35.3 Å². The number of rotatable bonds is 0. The molecule has 0 saturated carbocycles. The molecule has 0 aromatic heterocycles. The Morgan fingerprint density at radius 1 is 1.00 bits per heavy atom. The summed E-state index contributed by atoms with van der Waals surface area (Å²) in [6, 6.07) is 0. The van der Waals surface area contributed by atoms with Gasteiger partial charge in [-0.3, -0.25) is 0 Å². The Morgan fingerprint density at radius 3 is 1.00 bits per heavy atom. The van der Waals surface area contributed by atoms with Crippen LogP contribution in [0.25, 0.3) is 6.15 Å². The van der Waals surface area contributed by atoms with Crippen LogP contribution in [0.2, 0.25) is 0 Å². The molecule has 6 heteroatoms. The quantitative estimate of drug-likeness (QED) is 0.589. The van der Waals surface area contributed by atoms with Gasteiger partial charge in [-0.15, -0.1) is 0 Å². The molecule has 0 rings (SSSR count). The van der Waals surface area contributed by atoms with E-state index in [1.165, 1.54) is 0 Å². The number of nitrogens with two attached hydrogens (primary N) is 1. The zero-order valence-electron chi connectivity index (χ0n) is 3.65. The molecule has 0 aliphatic carbocycles. The third-order valence-corrected chi connectivity index (χ3v) is 0. The Hall–Kier alpha value is 1.15. The molecule has 0 fully saturated rings. The van der Waals surface area contributed by atoms with Gasteiger partial charge < -0.3 is 24.5 Å². The topological polar surface area (TPSA) is 96.5 Å². The summed E-state index contributed by atoms with van der Waals surface area (Å²) in [6.07, 6.45) is 0. The van der Waals surface area contributed by atoms with Crippen molar-refractivity contribution >= 4 is 18.8 Å². The van der Waals surface area contributed by atoms with Gasteiger partial charge in [0.1, 0.15) is 0 Å². The van der Waals surface area contributed by atoms with Gasteiger partial charge in [-0.1, -0.05) is 0 Å². The van der Waals surface area contributed by atoms with E-state index in [1.807, 2.05) is 0 Å². The minimum atomic E-state index is -0.472. The zero-order valence-corrected chi connectivity index (χ0v) is 7.43. The van der Waals surface area contributed by atoms with Crippen molar-refractivity contribution in [2.75, 3.05) is 0 Å². The van der Waals surface area contributed by atoms with Crippen molar-refractivity contribution in [1.82, 2.24) is 0 Å². The van der Waals surface area contributed by atoms with Gasteiger partial charge in [-0.2, -0.15) is 0 Å². The van der Waals surface area contributed by atoms with Crippen LogP contribution in [-0.4, -0.2) is 11.0 Å². The van der Waals surface area contributed by atoms with Crippen molar-refractivity contribution in [2.24, 2.45) is 0 Å². The first-order chi connectivity index (χ1) is 1.41. The van der Waals surface area contributed by atoms with Crippen molar-refractivity contribution in [2.45, 2.75) is 0 Å². The molecule has 0 heterocycles. The molecule has 0 aromatic rings. The summed E-state index contributed by atoms with van der Waals surface area (Å²) < 4.78 is 0. The summed E-state index contributed by atoms with van der Waals surface area (Å²) in [5.74, 6) is 0. The normalized spacial score (nSPS) is 3.14. The molecule has 54 valence electrons. The van der Waals surface area contributed by atoms with Gasteiger partial charge in [0.15, 0.2) is 0 Å². The van der Waals surface area contributed by atoms with Crippen LogP contribution >= 0.6 is 18.8 Å². The molecule has 0 bridgehead atoms. The molecule has 0 spiro atoms. The smallest absolute Gasteiger partial charge is 0.693 e. The van der Waals surface area contributed by atoms with E-state index in [9.17, 15) is 0 Å². The fourth-order valence-electron chi connectivity index (χ4n) is 0. The van der Waals surface area contributed by atoms with Crippen LogP contribution < -0.4 is 0 Å². The number of hydrogen-bond acceptors (Lipinski definition) is 0. The van der Waals surface area contributed by atoms with E-state index in [2.05, 4.69) is 0 Å². The molecule has 0 atom stereocenters. The van der Waals surface area contributed by atoms with Gasteiger partial charge in [0.2, 0.25) is 0 Å². The molecule has 0 aliphatic heterocycles. The van der Waals surface area contributed by atoms with E-state index in [0.717, 1.165) is 0 Å². The van der Waals surface area contributed by atoms with Gasteiger partial charge in [0.25, 0.3) is 0 Å². The summed E-state index contributed by atoms with van der Waals surface area (Å²) in [5.41, 5.74) is 0. The average molecular weight is 333 g/mol. The minimum Gasteiger partial charge on any atom is -0.693 e. The van der Waals surface area contributed by atoms with Gasteiger partial charge in [0, 0.05) is 0 Å². The maximum atomic E-state index is 4.88. The van der Waals surface area contributed by atoms with Gasteiger partial charge in [-0.25, -0.2) is 0 Å². The Labute approximate surface area is 60.0 Å². The van der Waals surface area contributed by atoms with Crippen LogP contribution in [0.4, 0.5) is 0 Å². The largest absolute Gasteiger partial charge is 0.693 e. The Bertz CT molecular complexity index is 15.7. The van der Waals surface area contributed by atoms with Crippen LogP contribution in [-0.2, 0) is 16.5 Å². The average Bonchev–Trinajstić information content (AvgIpc) is 0.918. The predicted molar refractivity (Wildman–Crippen MR) is 30.6 cm³/mol. The molecule has 0 radical (unpaired) electrons. The third kappa shape index (κ3) is 144. The minimum absolute atomic E-state index is 0. The van der Waals surface area contributed by atoms with Crippen LogP contribution in [0.1, 0.15) is 0 Å².